The molecule has 0 aromatic heterocycles. The average molecular weight is 284 g/mol. The van der Waals surface area contributed by atoms with Gasteiger partial charge in [-0.15, -0.1) is 0 Å². The fourth-order valence-corrected chi connectivity index (χ4v) is 2.58. The molecule has 1 aliphatic heterocycles. The Kier molecular flexibility index (Phi) is 3.48. The Morgan fingerprint density at radius 2 is 2.10 bits per heavy atom. The normalized spacial score (nSPS) is 17.7. The van der Waals surface area contributed by atoms with Gasteiger partial charge in [0.05, 0.1) is 5.56 Å². The van der Waals surface area contributed by atoms with Crippen molar-refractivity contribution in [3.63, 3.8) is 0 Å². The van der Waals surface area contributed by atoms with Gasteiger partial charge in [0.15, 0.2) is 0 Å². The Morgan fingerprint density at radius 1 is 1.29 bits per heavy atom. The maximum atomic E-state index is 12.2. The van der Waals surface area contributed by atoms with Gasteiger partial charge in [-0.05, 0) is 17.9 Å². The van der Waals surface area contributed by atoms with Crippen LogP contribution in [0.25, 0.3) is 10.8 Å². The van der Waals surface area contributed by atoms with Crippen LogP contribution in [0.4, 0.5) is 0 Å². The van der Waals surface area contributed by atoms with Gasteiger partial charge < -0.3 is 15.7 Å². The number of nitrogens with one attached hydrogen (secondary N) is 2. The molecular formula is C16H16N2O3. The topological polar surface area (TPSA) is 78.4 Å². The van der Waals surface area contributed by atoms with E-state index in [4.69, 9.17) is 0 Å². The molecule has 1 heterocycles. The summed E-state index contributed by atoms with van der Waals surface area (Å²) < 4.78 is 0. The van der Waals surface area contributed by atoms with Crippen molar-refractivity contribution in [2.45, 2.75) is 18.9 Å². The molecule has 108 valence electrons. The predicted molar refractivity (Wildman–Crippen MR) is 79.1 cm³/mol. The lowest BCUT2D eigenvalue weighted by atomic mass is 10.0. The van der Waals surface area contributed by atoms with Crippen molar-refractivity contribution < 1.29 is 14.7 Å². The summed E-state index contributed by atoms with van der Waals surface area (Å²) in [7, 11) is 0. The Labute approximate surface area is 122 Å². The first-order valence-electron chi connectivity index (χ1n) is 6.93. The summed E-state index contributed by atoms with van der Waals surface area (Å²) >= 11 is 0. The van der Waals surface area contributed by atoms with Crippen LogP contribution in [0.2, 0.25) is 0 Å². The summed E-state index contributed by atoms with van der Waals surface area (Å²) in [6.07, 6.45) is 1.23. The Bertz CT molecular complexity index is 712. The van der Waals surface area contributed by atoms with Crippen molar-refractivity contribution in [2.24, 2.45) is 0 Å². The zero-order valence-electron chi connectivity index (χ0n) is 11.4. The molecule has 1 atom stereocenters. The van der Waals surface area contributed by atoms with E-state index in [2.05, 4.69) is 10.6 Å². The molecular weight excluding hydrogens is 268 g/mol. The fourth-order valence-electron chi connectivity index (χ4n) is 2.58. The molecule has 0 saturated carbocycles. The molecule has 2 aromatic rings. The highest BCUT2D eigenvalue weighted by Gasteiger charge is 2.22. The van der Waals surface area contributed by atoms with E-state index in [9.17, 15) is 14.7 Å². The zero-order valence-corrected chi connectivity index (χ0v) is 11.4. The van der Waals surface area contributed by atoms with Crippen LogP contribution in [-0.2, 0) is 4.79 Å². The van der Waals surface area contributed by atoms with Gasteiger partial charge in [0, 0.05) is 24.4 Å². The quantitative estimate of drug-likeness (QED) is 0.800. The molecule has 21 heavy (non-hydrogen) atoms. The number of rotatable bonds is 3. The number of benzene rings is 2. The van der Waals surface area contributed by atoms with E-state index in [0.29, 0.717) is 18.4 Å². The zero-order chi connectivity index (χ0) is 14.8. The van der Waals surface area contributed by atoms with Gasteiger partial charge in [-0.3, -0.25) is 9.59 Å². The largest absolute Gasteiger partial charge is 0.506 e. The number of hydrogen-bond acceptors (Lipinski definition) is 3. The maximum Gasteiger partial charge on any atom is 0.255 e. The number of amides is 2. The number of phenols is 1. The van der Waals surface area contributed by atoms with Crippen molar-refractivity contribution in [3.8, 4) is 5.75 Å². The van der Waals surface area contributed by atoms with E-state index in [1.807, 2.05) is 18.2 Å². The lowest BCUT2D eigenvalue weighted by molar-refractivity contribution is -0.119. The van der Waals surface area contributed by atoms with E-state index in [-0.39, 0.29) is 29.2 Å². The van der Waals surface area contributed by atoms with Crippen LogP contribution in [0.1, 0.15) is 23.2 Å². The van der Waals surface area contributed by atoms with E-state index in [0.717, 1.165) is 11.8 Å². The first kappa shape index (κ1) is 13.4. The average Bonchev–Trinajstić information content (AvgIpc) is 2.91. The van der Waals surface area contributed by atoms with Gasteiger partial charge in [-0.25, -0.2) is 0 Å². The molecule has 1 aliphatic rings. The third-order valence-corrected chi connectivity index (χ3v) is 3.74. The van der Waals surface area contributed by atoms with Crippen LogP contribution in [0.3, 0.4) is 0 Å². The monoisotopic (exact) mass is 284 g/mol. The molecule has 3 N–H and O–H groups in total. The molecule has 1 saturated heterocycles. The van der Waals surface area contributed by atoms with E-state index >= 15 is 0 Å². The molecule has 2 amide bonds. The summed E-state index contributed by atoms with van der Waals surface area (Å²) in [5.41, 5.74) is 0.248. The van der Waals surface area contributed by atoms with Crippen molar-refractivity contribution in [1.82, 2.24) is 10.6 Å². The second kappa shape index (κ2) is 5.44. The van der Waals surface area contributed by atoms with Crippen LogP contribution >= 0.6 is 0 Å². The first-order chi connectivity index (χ1) is 10.1. The molecule has 5 heteroatoms. The van der Waals surface area contributed by atoms with Gasteiger partial charge >= 0.3 is 0 Å². The number of carbonyl (C=O) groups is 2. The second-order valence-corrected chi connectivity index (χ2v) is 5.20. The van der Waals surface area contributed by atoms with Crippen molar-refractivity contribution in [1.29, 1.82) is 0 Å². The van der Waals surface area contributed by atoms with E-state index in [1.54, 1.807) is 18.2 Å². The van der Waals surface area contributed by atoms with Crippen LogP contribution < -0.4 is 10.6 Å². The Balaban J connectivity index is 1.75. The summed E-state index contributed by atoms with van der Waals surface area (Å²) in [5, 5.41) is 17.3. The summed E-state index contributed by atoms with van der Waals surface area (Å²) in [4.78, 5) is 23.3. The molecule has 0 spiro atoms. The molecule has 1 fully saturated rings. The maximum absolute atomic E-state index is 12.2. The standard InChI is InChI=1S/C16H16N2O3/c19-14-8-6-11(18-14)9-17-16(21)13-7-5-10-3-1-2-4-12(10)15(13)20/h1-5,7,11,20H,6,8-9H2,(H,17,21)(H,18,19). The summed E-state index contributed by atoms with van der Waals surface area (Å²) in [5.74, 6) is -0.330. The minimum atomic E-state index is -0.334. The predicted octanol–water partition coefficient (Wildman–Crippen LogP) is 1.55. The number of carbonyl (C=O) groups excluding carboxylic acids is 2. The minimum Gasteiger partial charge on any atom is -0.506 e. The van der Waals surface area contributed by atoms with E-state index in [1.165, 1.54) is 0 Å². The fraction of sp³-hybridized carbons (Fsp3) is 0.250. The molecule has 3 rings (SSSR count). The minimum absolute atomic E-state index is 0.0129. The molecule has 2 aromatic carbocycles. The van der Waals surface area contributed by atoms with Gasteiger partial charge in [0.1, 0.15) is 5.75 Å². The van der Waals surface area contributed by atoms with E-state index < -0.39 is 0 Å². The van der Waals surface area contributed by atoms with Crippen LogP contribution in [0.15, 0.2) is 36.4 Å². The van der Waals surface area contributed by atoms with Crippen molar-refractivity contribution in [3.05, 3.63) is 42.0 Å². The molecule has 0 aliphatic carbocycles. The Morgan fingerprint density at radius 3 is 2.86 bits per heavy atom. The molecule has 1 unspecified atom stereocenters. The Hall–Kier alpha value is -2.56. The lowest BCUT2D eigenvalue weighted by Gasteiger charge is -2.12. The van der Waals surface area contributed by atoms with Crippen molar-refractivity contribution in [2.75, 3.05) is 6.54 Å². The highest BCUT2D eigenvalue weighted by atomic mass is 16.3. The number of hydrogen-bond donors (Lipinski definition) is 3. The van der Waals surface area contributed by atoms with Gasteiger partial charge in [0.2, 0.25) is 5.91 Å². The first-order valence-corrected chi connectivity index (χ1v) is 6.93. The molecule has 5 nitrogen and oxygen atoms in total. The van der Waals surface area contributed by atoms with Crippen LogP contribution in [-0.4, -0.2) is 29.5 Å². The summed E-state index contributed by atoms with van der Waals surface area (Å²) in [6, 6.07) is 10.7. The molecule has 0 radical (unpaired) electrons. The van der Waals surface area contributed by atoms with Crippen LogP contribution in [0, 0.1) is 0 Å². The van der Waals surface area contributed by atoms with Gasteiger partial charge in [-0.1, -0.05) is 30.3 Å². The highest BCUT2D eigenvalue weighted by Crippen LogP contribution is 2.28. The molecule has 0 bridgehead atoms. The lowest BCUT2D eigenvalue weighted by Crippen LogP contribution is -2.38. The summed E-state index contributed by atoms with van der Waals surface area (Å²) in [6.45, 7) is 0.372. The van der Waals surface area contributed by atoms with Crippen molar-refractivity contribution >= 4 is 22.6 Å². The second-order valence-electron chi connectivity index (χ2n) is 5.20. The third kappa shape index (κ3) is 2.67. The highest BCUT2D eigenvalue weighted by molar-refractivity contribution is 6.03. The third-order valence-electron chi connectivity index (χ3n) is 3.74. The smallest absolute Gasteiger partial charge is 0.255 e. The van der Waals surface area contributed by atoms with Crippen LogP contribution in [0.5, 0.6) is 5.75 Å². The number of fused-ring (bicyclic) bond motifs is 1. The number of aromatic hydroxyl groups is 1. The van der Waals surface area contributed by atoms with Gasteiger partial charge in [0.25, 0.3) is 5.91 Å². The SMILES string of the molecule is O=C1CCC(CNC(=O)c2ccc3ccccc3c2O)N1. The number of phenolic OH excluding ortho intramolecular Hbond substituents is 1. The van der Waals surface area contributed by atoms with Gasteiger partial charge in [-0.2, -0.15) is 0 Å².